The van der Waals surface area contributed by atoms with Crippen molar-refractivity contribution < 1.29 is 9.84 Å². The molecule has 3 aromatic rings. The van der Waals surface area contributed by atoms with E-state index in [-0.39, 0.29) is 6.61 Å². The third-order valence-corrected chi connectivity index (χ3v) is 4.47. The average molecular weight is 328 g/mol. The van der Waals surface area contributed by atoms with Crippen LogP contribution in [0.15, 0.2) is 54.6 Å². The summed E-state index contributed by atoms with van der Waals surface area (Å²) in [7, 11) is 1.98. The second-order valence-corrected chi connectivity index (χ2v) is 6.67. The highest BCUT2D eigenvalue weighted by molar-refractivity contribution is 7.18. The van der Waals surface area contributed by atoms with Crippen LogP contribution in [0.2, 0.25) is 0 Å². The molecule has 0 radical (unpaired) electrons. The first-order valence-corrected chi connectivity index (χ1v) is 8.41. The smallest absolute Gasteiger partial charge is 0.119 e. The van der Waals surface area contributed by atoms with Gasteiger partial charge in [-0.2, -0.15) is 0 Å². The molecule has 1 N–H and O–H groups in total. The summed E-state index contributed by atoms with van der Waals surface area (Å²) in [5.74, 6) is 0.778. The molecule has 0 fully saturated rings. The van der Waals surface area contributed by atoms with E-state index in [0.29, 0.717) is 6.54 Å². The zero-order valence-electron chi connectivity index (χ0n) is 13.1. The van der Waals surface area contributed by atoms with E-state index in [1.165, 1.54) is 4.70 Å². The molecule has 23 heavy (non-hydrogen) atoms. The van der Waals surface area contributed by atoms with Crippen LogP contribution >= 0.6 is 11.3 Å². The Kier molecular flexibility index (Phi) is 5.23. The lowest BCUT2D eigenvalue weighted by atomic mass is 10.3. The van der Waals surface area contributed by atoms with Crippen molar-refractivity contribution in [3.63, 3.8) is 0 Å². The summed E-state index contributed by atoms with van der Waals surface area (Å²) in [6.45, 7) is 1.55. The van der Waals surface area contributed by atoms with E-state index >= 15 is 0 Å². The number of rotatable bonds is 7. The highest BCUT2D eigenvalue weighted by Crippen LogP contribution is 2.22. The maximum absolute atomic E-state index is 10.1. The van der Waals surface area contributed by atoms with Gasteiger partial charge in [0.05, 0.1) is 16.8 Å². The average Bonchev–Trinajstić information content (AvgIpc) is 2.96. The van der Waals surface area contributed by atoms with Gasteiger partial charge in [0.25, 0.3) is 0 Å². The number of hydrogen-bond acceptors (Lipinski definition) is 5. The van der Waals surface area contributed by atoms with Crippen LogP contribution in [0.5, 0.6) is 5.75 Å². The van der Waals surface area contributed by atoms with Crippen LogP contribution in [0.4, 0.5) is 0 Å². The molecule has 4 nitrogen and oxygen atoms in total. The van der Waals surface area contributed by atoms with Gasteiger partial charge in [-0.15, -0.1) is 11.3 Å². The Balaban J connectivity index is 1.49. The monoisotopic (exact) mass is 328 g/mol. The molecular weight excluding hydrogens is 308 g/mol. The largest absolute Gasteiger partial charge is 0.491 e. The van der Waals surface area contributed by atoms with Crippen molar-refractivity contribution >= 4 is 21.6 Å². The van der Waals surface area contributed by atoms with Gasteiger partial charge in [0, 0.05) is 6.54 Å². The number of thiazole rings is 1. The normalized spacial score (nSPS) is 12.7. The summed E-state index contributed by atoms with van der Waals surface area (Å²) in [5, 5.41) is 11.2. The predicted octanol–water partition coefficient (Wildman–Crippen LogP) is 3.17. The number of aromatic nitrogens is 1. The molecule has 120 valence electrons. The van der Waals surface area contributed by atoms with Crippen LogP contribution in [0, 0.1) is 0 Å². The van der Waals surface area contributed by atoms with Gasteiger partial charge in [-0.1, -0.05) is 30.3 Å². The number of benzene rings is 2. The second kappa shape index (κ2) is 7.55. The summed E-state index contributed by atoms with van der Waals surface area (Å²) in [6.07, 6.45) is -0.533. The fourth-order valence-corrected chi connectivity index (χ4v) is 3.45. The van der Waals surface area contributed by atoms with Gasteiger partial charge in [-0.3, -0.25) is 4.90 Å². The van der Waals surface area contributed by atoms with E-state index in [0.717, 1.165) is 22.8 Å². The molecule has 0 aliphatic heterocycles. The van der Waals surface area contributed by atoms with Gasteiger partial charge in [0.1, 0.15) is 23.5 Å². The predicted molar refractivity (Wildman–Crippen MR) is 93.9 cm³/mol. The zero-order chi connectivity index (χ0) is 16.1. The molecule has 0 saturated carbocycles. The van der Waals surface area contributed by atoms with E-state index in [4.69, 9.17) is 4.74 Å². The lowest BCUT2D eigenvalue weighted by molar-refractivity contribution is 0.0744. The molecule has 1 heterocycles. The summed E-state index contributed by atoms with van der Waals surface area (Å²) in [5.41, 5.74) is 1.04. The number of aliphatic hydroxyl groups excluding tert-OH is 1. The molecule has 0 saturated heterocycles. The zero-order valence-corrected chi connectivity index (χ0v) is 13.9. The minimum absolute atomic E-state index is 0.286. The molecule has 0 spiro atoms. The van der Waals surface area contributed by atoms with Gasteiger partial charge in [-0.25, -0.2) is 4.98 Å². The quantitative estimate of drug-likeness (QED) is 0.723. The molecule has 0 aliphatic carbocycles. The number of ether oxygens (including phenoxy) is 1. The van der Waals surface area contributed by atoms with Crippen molar-refractivity contribution in [1.82, 2.24) is 9.88 Å². The van der Waals surface area contributed by atoms with Crippen molar-refractivity contribution in [2.24, 2.45) is 0 Å². The van der Waals surface area contributed by atoms with Crippen molar-refractivity contribution in [2.75, 3.05) is 20.2 Å². The number of fused-ring (bicyclic) bond motifs is 1. The molecule has 0 bridgehead atoms. The molecule has 1 unspecified atom stereocenters. The Bertz CT molecular complexity index is 712. The lowest BCUT2D eigenvalue weighted by Crippen LogP contribution is -2.32. The first-order chi connectivity index (χ1) is 11.2. The van der Waals surface area contributed by atoms with Gasteiger partial charge >= 0.3 is 0 Å². The van der Waals surface area contributed by atoms with Crippen LogP contribution in [0.1, 0.15) is 5.01 Å². The number of para-hydroxylation sites is 2. The summed E-state index contributed by atoms with van der Waals surface area (Å²) < 4.78 is 6.78. The molecule has 2 aromatic carbocycles. The van der Waals surface area contributed by atoms with Crippen molar-refractivity contribution in [3.05, 3.63) is 59.6 Å². The Labute approximate surface area is 140 Å². The first-order valence-electron chi connectivity index (χ1n) is 7.59. The third kappa shape index (κ3) is 4.51. The summed E-state index contributed by atoms with van der Waals surface area (Å²) in [6, 6.07) is 17.7. The minimum atomic E-state index is -0.533. The second-order valence-electron chi connectivity index (χ2n) is 5.55. The highest BCUT2D eigenvalue weighted by atomic mass is 32.1. The van der Waals surface area contributed by atoms with Crippen LogP contribution < -0.4 is 4.74 Å². The summed E-state index contributed by atoms with van der Waals surface area (Å²) in [4.78, 5) is 6.68. The Hall–Kier alpha value is -1.95. The Morgan fingerprint density at radius 1 is 1.13 bits per heavy atom. The van der Waals surface area contributed by atoms with E-state index in [1.807, 2.05) is 55.6 Å². The van der Waals surface area contributed by atoms with Crippen LogP contribution in [0.3, 0.4) is 0 Å². The Morgan fingerprint density at radius 3 is 2.65 bits per heavy atom. The number of likely N-dealkylation sites (N-methyl/N-ethyl adjacent to an activating group) is 1. The SMILES string of the molecule is CN(Cc1nc2ccccc2s1)CC(O)COc1ccccc1. The van der Waals surface area contributed by atoms with Crippen molar-refractivity contribution in [2.45, 2.75) is 12.6 Å². The number of nitrogens with zero attached hydrogens (tertiary/aromatic N) is 2. The molecule has 0 aliphatic rings. The number of hydrogen-bond donors (Lipinski definition) is 1. The highest BCUT2D eigenvalue weighted by Gasteiger charge is 2.12. The molecule has 1 atom stereocenters. The van der Waals surface area contributed by atoms with E-state index in [2.05, 4.69) is 16.0 Å². The third-order valence-electron chi connectivity index (χ3n) is 3.45. The Morgan fingerprint density at radius 2 is 1.87 bits per heavy atom. The molecule has 5 heteroatoms. The minimum Gasteiger partial charge on any atom is -0.491 e. The van der Waals surface area contributed by atoms with Crippen LogP contribution in [-0.4, -0.2) is 41.3 Å². The molecule has 1 aromatic heterocycles. The van der Waals surface area contributed by atoms with Crippen LogP contribution in [0.25, 0.3) is 10.2 Å². The molecular formula is C18H20N2O2S. The maximum Gasteiger partial charge on any atom is 0.119 e. The standard InChI is InChI=1S/C18H20N2O2S/c1-20(11-14(21)13-22-15-7-3-2-4-8-15)12-18-19-16-9-5-6-10-17(16)23-18/h2-10,14,21H,11-13H2,1H3. The van der Waals surface area contributed by atoms with Gasteiger partial charge < -0.3 is 9.84 Å². The molecule has 0 amide bonds. The lowest BCUT2D eigenvalue weighted by Gasteiger charge is -2.19. The van der Waals surface area contributed by atoms with Crippen molar-refractivity contribution in [3.8, 4) is 5.75 Å². The summed E-state index contributed by atoms with van der Waals surface area (Å²) >= 11 is 1.70. The first kappa shape index (κ1) is 15.9. The van der Waals surface area contributed by atoms with Gasteiger partial charge in [-0.05, 0) is 31.3 Å². The topological polar surface area (TPSA) is 45.6 Å². The molecule has 3 rings (SSSR count). The maximum atomic E-state index is 10.1. The fraction of sp³-hybridized carbons (Fsp3) is 0.278. The van der Waals surface area contributed by atoms with Gasteiger partial charge in [0.15, 0.2) is 0 Å². The number of aliphatic hydroxyl groups is 1. The van der Waals surface area contributed by atoms with Gasteiger partial charge in [0.2, 0.25) is 0 Å². The van der Waals surface area contributed by atoms with E-state index < -0.39 is 6.10 Å². The van der Waals surface area contributed by atoms with E-state index in [9.17, 15) is 5.11 Å². The fourth-order valence-electron chi connectivity index (χ4n) is 2.40. The van der Waals surface area contributed by atoms with Crippen LogP contribution in [-0.2, 0) is 6.54 Å². The van der Waals surface area contributed by atoms with Crippen molar-refractivity contribution in [1.29, 1.82) is 0 Å². The van der Waals surface area contributed by atoms with E-state index in [1.54, 1.807) is 11.3 Å².